The second-order valence-electron chi connectivity index (χ2n) is 4.02. The summed E-state index contributed by atoms with van der Waals surface area (Å²) in [7, 11) is 1.43. The predicted octanol–water partition coefficient (Wildman–Crippen LogP) is 0.732. The molecule has 1 atom stereocenters. The van der Waals surface area contributed by atoms with Crippen molar-refractivity contribution >= 4 is 29.0 Å². The molecular formula is C12H13N3O3S. The highest BCUT2D eigenvalue weighted by Crippen LogP contribution is 2.10. The van der Waals surface area contributed by atoms with Crippen molar-refractivity contribution in [1.82, 2.24) is 9.55 Å². The molecule has 2 aromatic rings. The lowest BCUT2D eigenvalue weighted by Gasteiger charge is -2.16. The van der Waals surface area contributed by atoms with E-state index < -0.39 is 11.9 Å². The van der Waals surface area contributed by atoms with Gasteiger partial charge >= 0.3 is 0 Å². The smallest absolute Gasteiger partial charge is 0.262 e. The second kappa shape index (κ2) is 5.33. The molecule has 100 valence electrons. The van der Waals surface area contributed by atoms with E-state index in [4.69, 9.17) is 22.7 Å². The van der Waals surface area contributed by atoms with Gasteiger partial charge in [0.25, 0.3) is 5.56 Å². The summed E-state index contributed by atoms with van der Waals surface area (Å²) in [6.45, 7) is -0.00887. The van der Waals surface area contributed by atoms with Crippen molar-refractivity contribution in [2.75, 3.05) is 13.7 Å². The van der Waals surface area contributed by atoms with E-state index in [0.717, 1.165) is 4.57 Å². The van der Waals surface area contributed by atoms with Crippen LogP contribution in [0.5, 0.6) is 0 Å². The van der Waals surface area contributed by atoms with Gasteiger partial charge in [-0.2, -0.15) is 0 Å². The van der Waals surface area contributed by atoms with Gasteiger partial charge in [-0.1, -0.05) is 12.1 Å². The number of aromatic amines is 1. The molecule has 7 heteroatoms. The standard InChI is InChI=1S/C12H13N3O3S/c1-18-6-9(10(13)16)15-11(17)7-4-2-3-5-8(7)14-12(15)19/h2-5,9H,6H2,1H3,(H2,13,16)(H,14,19)/t9-/m1/s1. The average molecular weight is 279 g/mol. The van der Waals surface area contributed by atoms with E-state index in [9.17, 15) is 9.59 Å². The summed E-state index contributed by atoms with van der Waals surface area (Å²) in [4.78, 5) is 26.7. The fourth-order valence-corrected chi connectivity index (χ4v) is 2.22. The molecule has 1 heterocycles. The lowest BCUT2D eigenvalue weighted by molar-refractivity contribution is -0.122. The monoisotopic (exact) mass is 279 g/mol. The van der Waals surface area contributed by atoms with Crippen LogP contribution in [0.4, 0.5) is 0 Å². The largest absolute Gasteiger partial charge is 0.382 e. The molecule has 0 bridgehead atoms. The van der Waals surface area contributed by atoms with Gasteiger partial charge in [0.05, 0.1) is 17.5 Å². The van der Waals surface area contributed by atoms with E-state index in [1.807, 2.05) is 0 Å². The molecular weight excluding hydrogens is 266 g/mol. The third kappa shape index (κ3) is 2.42. The van der Waals surface area contributed by atoms with Crippen molar-refractivity contribution in [2.45, 2.75) is 6.04 Å². The molecule has 1 aromatic carbocycles. The molecule has 0 radical (unpaired) electrons. The molecule has 6 nitrogen and oxygen atoms in total. The number of carbonyl (C=O) groups excluding carboxylic acids is 1. The number of hydrogen-bond donors (Lipinski definition) is 2. The molecule has 0 aliphatic carbocycles. The average Bonchev–Trinajstić information content (AvgIpc) is 2.37. The molecule has 0 fully saturated rings. The fraction of sp³-hybridized carbons (Fsp3) is 0.250. The number of carbonyl (C=O) groups is 1. The first-order chi connectivity index (χ1) is 9.06. The summed E-state index contributed by atoms with van der Waals surface area (Å²) in [6, 6.07) is 6.00. The molecule has 0 saturated carbocycles. The van der Waals surface area contributed by atoms with Crippen LogP contribution in [0, 0.1) is 4.77 Å². The number of primary amides is 1. The summed E-state index contributed by atoms with van der Waals surface area (Å²) < 4.78 is 6.22. The number of methoxy groups -OCH3 is 1. The molecule has 3 N–H and O–H groups in total. The number of hydrogen-bond acceptors (Lipinski definition) is 4. The number of nitrogens with zero attached hydrogens (tertiary/aromatic N) is 1. The highest BCUT2D eigenvalue weighted by atomic mass is 32.1. The van der Waals surface area contributed by atoms with E-state index in [-0.39, 0.29) is 16.9 Å². The van der Waals surface area contributed by atoms with Gasteiger partial charge < -0.3 is 15.5 Å². The van der Waals surface area contributed by atoms with Crippen LogP contribution in [0.2, 0.25) is 0 Å². The maximum atomic E-state index is 12.4. The summed E-state index contributed by atoms with van der Waals surface area (Å²) in [5.74, 6) is -0.668. The van der Waals surface area contributed by atoms with E-state index in [1.165, 1.54) is 7.11 Å². The van der Waals surface area contributed by atoms with Crippen molar-refractivity contribution in [2.24, 2.45) is 5.73 Å². The number of para-hydroxylation sites is 1. The van der Waals surface area contributed by atoms with Gasteiger partial charge in [-0.05, 0) is 24.4 Å². The van der Waals surface area contributed by atoms with Gasteiger partial charge in [0, 0.05) is 7.11 Å². The Morgan fingerprint density at radius 3 is 2.84 bits per heavy atom. The fourth-order valence-electron chi connectivity index (χ4n) is 1.90. The third-order valence-corrected chi connectivity index (χ3v) is 3.10. The highest BCUT2D eigenvalue weighted by Gasteiger charge is 2.21. The number of nitrogens with one attached hydrogen (secondary N) is 1. The van der Waals surface area contributed by atoms with Crippen molar-refractivity contribution in [1.29, 1.82) is 0 Å². The van der Waals surface area contributed by atoms with Gasteiger partial charge in [-0.3, -0.25) is 14.2 Å². The van der Waals surface area contributed by atoms with Gasteiger partial charge in [-0.25, -0.2) is 0 Å². The van der Waals surface area contributed by atoms with E-state index in [2.05, 4.69) is 4.98 Å². The number of aromatic nitrogens is 2. The van der Waals surface area contributed by atoms with Crippen molar-refractivity contribution in [3.63, 3.8) is 0 Å². The molecule has 0 aliphatic heterocycles. The molecule has 19 heavy (non-hydrogen) atoms. The summed E-state index contributed by atoms with van der Waals surface area (Å²) in [6.07, 6.45) is 0. The molecule has 0 unspecified atom stereocenters. The molecule has 0 saturated heterocycles. The van der Waals surface area contributed by atoms with Gasteiger partial charge in [-0.15, -0.1) is 0 Å². The lowest BCUT2D eigenvalue weighted by atomic mass is 10.2. The van der Waals surface area contributed by atoms with Crippen molar-refractivity contribution in [3.8, 4) is 0 Å². The van der Waals surface area contributed by atoms with Crippen molar-refractivity contribution in [3.05, 3.63) is 39.4 Å². The van der Waals surface area contributed by atoms with E-state index in [1.54, 1.807) is 24.3 Å². The van der Waals surface area contributed by atoms with Crippen LogP contribution in [0.15, 0.2) is 29.1 Å². The Morgan fingerprint density at radius 2 is 2.21 bits per heavy atom. The molecule has 1 amide bonds. The topological polar surface area (TPSA) is 90.1 Å². The normalized spacial score (nSPS) is 12.5. The molecule has 0 aliphatic rings. The third-order valence-electron chi connectivity index (χ3n) is 2.80. The number of amides is 1. The van der Waals surface area contributed by atoms with Crippen LogP contribution in [-0.4, -0.2) is 29.2 Å². The number of benzene rings is 1. The quantitative estimate of drug-likeness (QED) is 0.807. The van der Waals surface area contributed by atoms with Gasteiger partial charge in [0.1, 0.15) is 6.04 Å². The maximum absolute atomic E-state index is 12.4. The van der Waals surface area contributed by atoms with E-state index >= 15 is 0 Å². The Morgan fingerprint density at radius 1 is 1.53 bits per heavy atom. The Bertz CT molecular complexity index is 735. The van der Waals surface area contributed by atoms with Gasteiger partial charge in [0.2, 0.25) is 5.91 Å². The van der Waals surface area contributed by atoms with Gasteiger partial charge in [0.15, 0.2) is 4.77 Å². The first kappa shape index (κ1) is 13.4. The number of fused-ring (bicyclic) bond motifs is 1. The molecule has 2 rings (SSSR count). The molecule has 1 aromatic heterocycles. The lowest BCUT2D eigenvalue weighted by Crippen LogP contribution is -2.37. The minimum atomic E-state index is -0.925. The Labute approximate surface area is 113 Å². The van der Waals surface area contributed by atoms with Crippen LogP contribution >= 0.6 is 12.2 Å². The zero-order valence-electron chi connectivity index (χ0n) is 10.3. The van der Waals surface area contributed by atoms with Crippen LogP contribution < -0.4 is 11.3 Å². The zero-order chi connectivity index (χ0) is 14.0. The second-order valence-corrected chi connectivity index (χ2v) is 4.41. The first-order valence-corrected chi connectivity index (χ1v) is 5.99. The minimum Gasteiger partial charge on any atom is -0.382 e. The van der Waals surface area contributed by atoms with Crippen molar-refractivity contribution < 1.29 is 9.53 Å². The number of ether oxygens (including phenoxy) is 1. The number of H-pyrrole nitrogens is 1. The Balaban J connectivity index is 2.76. The number of rotatable bonds is 4. The maximum Gasteiger partial charge on any atom is 0.262 e. The minimum absolute atomic E-state index is 0.00887. The van der Waals surface area contributed by atoms with E-state index in [0.29, 0.717) is 10.9 Å². The Kier molecular flexibility index (Phi) is 3.77. The Hall–Kier alpha value is -1.99. The van der Waals surface area contributed by atoms with Crippen LogP contribution in [0.3, 0.4) is 0 Å². The highest BCUT2D eigenvalue weighted by molar-refractivity contribution is 7.71. The summed E-state index contributed by atoms with van der Waals surface area (Å²) >= 11 is 5.12. The molecule has 0 spiro atoms. The first-order valence-electron chi connectivity index (χ1n) is 5.58. The predicted molar refractivity (Wildman–Crippen MR) is 73.5 cm³/mol. The summed E-state index contributed by atoms with van der Waals surface area (Å²) in [5.41, 5.74) is 5.56. The van der Waals surface area contributed by atoms with Crippen LogP contribution in [0.25, 0.3) is 10.9 Å². The van der Waals surface area contributed by atoms with Crippen LogP contribution in [-0.2, 0) is 9.53 Å². The number of nitrogens with two attached hydrogens (primary N) is 1. The summed E-state index contributed by atoms with van der Waals surface area (Å²) in [5, 5.41) is 0.443. The SMILES string of the molecule is COC[C@H](C(N)=O)n1c(=S)[nH]c2ccccc2c1=O. The van der Waals surface area contributed by atoms with Crippen LogP contribution in [0.1, 0.15) is 6.04 Å². The zero-order valence-corrected chi connectivity index (χ0v) is 11.1.